The molecule has 2 rings (SSSR count). The van der Waals surface area contributed by atoms with Crippen LogP contribution in [0.5, 0.6) is 0 Å². The molecule has 0 bridgehead atoms. The summed E-state index contributed by atoms with van der Waals surface area (Å²) in [7, 11) is 0. The average molecular weight is 405 g/mol. The maximum atomic E-state index is 13.1. The summed E-state index contributed by atoms with van der Waals surface area (Å²) >= 11 is 5.67. The van der Waals surface area contributed by atoms with Gasteiger partial charge in [0.25, 0.3) is 5.91 Å². The molecule has 6 nitrogen and oxygen atoms in total. The summed E-state index contributed by atoms with van der Waals surface area (Å²) in [4.78, 5) is 35.0. The Bertz CT molecular complexity index is 913. The van der Waals surface area contributed by atoms with E-state index in [1.807, 2.05) is 0 Å². The topological polar surface area (TPSA) is 84.5 Å². The van der Waals surface area contributed by atoms with Gasteiger partial charge in [0.05, 0.1) is 5.02 Å². The van der Waals surface area contributed by atoms with Crippen LogP contribution in [0.4, 0.5) is 15.8 Å². The van der Waals surface area contributed by atoms with Crippen LogP contribution >= 0.6 is 11.6 Å². The quantitative estimate of drug-likeness (QED) is 0.562. The molecule has 0 radical (unpaired) electrons. The molecule has 1 atom stereocenters. The Labute approximate surface area is 166 Å². The van der Waals surface area contributed by atoms with Gasteiger partial charge in [0, 0.05) is 24.4 Å². The number of amides is 2. The number of carbonyl (C=O) groups excluding carboxylic acids is 3. The first-order chi connectivity index (χ1) is 13.2. The summed E-state index contributed by atoms with van der Waals surface area (Å²) in [5.74, 6) is -2.01. The SMILES string of the molecule is CC(=O)Nc1ccc(NC(=O)[C@@H](C)OC(=O)/C=C/c2ccc(F)c(Cl)c2)cc1. The predicted octanol–water partition coefficient (Wildman–Crippen LogP) is 4.02. The summed E-state index contributed by atoms with van der Waals surface area (Å²) in [5.41, 5.74) is 1.59. The number of anilines is 2. The number of hydrogen-bond acceptors (Lipinski definition) is 4. The molecule has 0 saturated heterocycles. The smallest absolute Gasteiger partial charge is 0.331 e. The van der Waals surface area contributed by atoms with Crippen LogP contribution < -0.4 is 10.6 Å². The maximum Gasteiger partial charge on any atom is 0.331 e. The molecule has 2 N–H and O–H groups in total. The Morgan fingerprint density at radius 2 is 1.68 bits per heavy atom. The van der Waals surface area contributed by atoms with E-state index in [0.29, 0.717) is 16.9 Å². The number of carbonyl (C=O) groups is 3. The Morgan fingerprint density at radius 3 is 2.25 bits per heavy atom. The number of esters is 1. The van der Waals surface area contributed by atoms with E-state index in [0.717, 1.165) is 6.08 Å². The van der Waals surface area contributed by atoms with Crippen molar-refractivity contribution in [3.05, 3.63) is 64.9 Å². The lowest BCUT2D eigenvalue weighted by Crippen LogP contribution is -2.29. The number of halogens is 2. The van der Waals surface area contributed by atoms with Crippen molar-refractivity contribution in [1.29, 1.82) is 0 Å². The van der Waals surface area contributed by atoms with E-state index < -0.39 is 23.8 Å². The number of ether oxygens (including phenoxy) is 1. The first-order valence-corrected chi connectivity index (χ1v) is 8.64. The van der Waals surface area contributed by atoms with Gasteiger partial charge in [-0.05, 0) is 55.0 Å². The Balaban J connectivity index is 1.88. The average Bonchev–Trinajstić information content (AvgIpc) is 2.63. The Morgan fingerprint density at radius 1 is 1.07 bits per heavy atom. The van der Waals surface area contributed by atoms with Crippen molar-refractivity contribution in [1.82, 2.24) is 0 Å². The van der Waals surface area contributed by atoms with Crippen LogP contribution in [0.15, 0.2) is 48.5 Å². The molecule has 2 aromatic rings. The van der Waals surface area contributed by atoms with Gasteiger partial charge in [-0.1, -0.05) is 17.7 Å². The molecule has 0 fully saturated rings. The van der Waals surface area contributed by atoms with Crippen molar-refractivity contribution in [2.75, 3.05) is 10.6 Å². The van der Waals surface area contributed by atoms with Crippen molar-refractivity contribution in [3.8, 4) is 0 Å². The highest BCUT2D eigenvalue weighted by Crippen LogP contribution is 2.17. The molecule has 2 amide bonds. The first-order valence-electron chi connectivity index (χ1n) is 8.27. The molecule has 28 heavy (non-hydrogen) atoms. The minimum atomic E-state index is -1.04. The molecular weight excluding hydrogens is 387 g/mol. The normalized spacial score (nSPS) is 11.7. The number of hydrogen-bond donors (Lipinski definition) is 2. The fourth-order valence-electron chi connectivity index (χ4n) is 2.13. The van der Waals surface area contributed by atoms with Crippen LogP contribution in [0.2, 0.25) is 5.02 Å². The second-order valence-corrected chi connectivity index (χ2v) is 6.24. The predicted molar refractivity (Wildman–Crippen MR) is 105 cm³/mol. The summed E-state index contributed by atoms with van der Waals surface area (Å²) < 4.78 is 18.1. The highest BCUT2D eigenvalue weighted by Gasteiger charge is 2.16. The first kappa shape index (κ1) is 21.1. The molecule has 0 aliphatic carbocycles. The van der Waals surface area contributed by atoms with E-state index in [2.05, 4.69) is 10.6 Å². The van der Waals surface area contributed by atoms with Crippen LogP contribution in [0.25, 0.3) is 6.08 Å². The molecule has 0 aliphatic rings. The standard InChI is InChI=1S/C20H18ClFN2O4/c1-12(20(27)24-16-7-5-15(6-8-16)23-13(2)25)28-19(26)10-4-14-3-9-18(22)17(21)11-14/h3-12H,1-2H3,(H,23,25)(H,24,27)/b10-4+/t12-/m1/s1. The van der Waals surface area contributed by atoms with E-state index in [9.17, 15) is 18.8 Å². The van der Waals surface area contributed by atoms with Crippen LogP contribution in [-0.2, 0) is 19.1 Å². The van der Waals surface area contributed by atoms with Crippen LogP contribution in [-0.4, -0.2) is 23.9 Å². The third-order valence-electron chi connectivity index (χ3n) is 3.49. The molecule has 0 saturated carbocycles. The zero-order valence-electron chi connectivity index (χ0n) is 15.2. The van der Waals surface area contributed by atoms with Crippen LogP contribution in [0.1, 0.15) is 19.4 Å². The number of nitrogens with one attached hydrogen (secondary N) is 2. The molecule has 0 aromatic heterocycles. The van der Waals surface area contributed by atoms with E-state index in [1.165, 1.54) is 38.1 Å². The van der Waals surface area contributed by atoms with Gasteiger partial charge in [0.15, 0.2) is 6.10 Å². The molecule has 0 aliphatic heterocycles. The molecule has 8 heteroatoms. The van der Waals surface area contributed by atoms with Gasteiger partial charge in [0.1, 0.15) is 5.82 Å². The second kappa shape index (κ2) is 9.66. The lowest BCUT2D eigenvalue weighted by atomic mass is 10.2. The monoisotopic (exact) mass is 404 g/mol. The zero-order valence-corrected chi connectivity index (χ0v) is 15.9. The van der Waals surface area contributed by atoms with Crippen molar-refractivity contribution in [2.45, 2.75) is 20.0 Å². The van der Waals surface area contributed by atoms with Crippen LogP contribution in [0.3, 0.4) is 0 Å². The minimum absolute atomic E-state index is 0.0622. The fourth-order valence-corrected chi connectivity index (χ4v) is 2.32. The molecule has 146 valence electrons. The van der Waals surface area contributed by atoms with Gasteiger partial charge >= 0.3 is 5.97 Å². The third kappa shape index (κ3) is 6.51. The molecule has 0 spiro atoms. The van der Waals surface area contributed by atoms with Gasteiger partial charge in [0.2, 0.25) is 5.91 Å². The lowest BCUT2D eigenvalue weighted by Gasteiger charge is -2.12. The van der Waals surface area contributed by atoms with Gasteiger partial charge in [-0.15, -0.1) is 0 Å². The summed E-state index contributed by atoms with van der Waals surface area (Å²) in [6.45, 7) is 2.83. The molecule has 2 aromatic carbocycles. The van der Waals surface area contributed by atoms with Gasteiger partial charge in [-0.2, -0.15) is 0 Å². The summed E-state index contributed by atoms with van der Waals surface area (Å²) in [6.07, 6.45) is 1.48. The van der Waals surface area contributed by atoms with E-state index in [4.69, 9.17) is 16.3 Å². The maximum absolute atomic E-state index is 13.1. The largest absolute Gasteiger partial charge is 0.449 e. The van der Waals surface area contributed by atoms with Gasteiger partial charge in [-0.25, -0.2) is 9.18 Å². The van der Waals surface area contributed by atoms with Crippen LogP contribution in [0, 0.1) is 5.82 Å². The van der Waals surface area contributed by atoms with Crippen molar-refractivity contribution >= 4 is 46.8 Å². The minimum Gasteiger partial charge on any atom is -0.449 e. The van der Waals surface area contributed by atoms with Gasteiger partial charge in [-0.3, -0.25) is 9.59 Å². The van der Waals surface area contributed by atoms with E-state index in [1.54, 1.807) is 24.3 Å². The Hall–Kier alpha value is -3.19. The highest BCUT2D eigenvalue weighted by molar-refractivity contribution is 6.30. The van der Waals surface area contributed by atoms with Gasteiger partial charge < -0.3 is 15.4 Å². The Kier molecular flexibility index (Phi) is 7.28. The zero-order chi connectivity index (χ0) is 20.7. The third-order valence-corrected chi connectivity index (χ3v) is 3.78. The molecule has 0 unspecified atom stereocenters. The summed E-state index contributed by atoms with van der Waals surface area (Å²) in [6, 6.07) is 10.5. The van der Waals surface area contributed by atoms with E-state index >= 15 is 0 Å². The lowest BCUT2D eigenvalue weighted by molar-refractivity contribution is -0.148. The summed E-state index contributed by atoms with van der Waals surface area (Å²) in [5, 5.41) is 5.15. The van der Waals surface area contributed by atoms with Crippen molar-refractivity contribution < 1.29 is 23.5 Å². The molecule has 0 heterocycles. The highest BCUT2D eigenvalue weighted by atomic mass is 35.5. The fraction of sp³-hybridized carbons (Fsp3) is 0.150. The van der Waals surface area contributed by atoms with Crippen molar-refractivity contribution in [2.24, 2.45) is 0 Å². The second-order valence-electron chi connectivity index (χ2n) is 5.83. The van der Waals surface area contributed by atoms with Crippen molar-refractivity contribution in [3.63, 3.8) is 0 Å². The number of rotatable bonds is 6. The van der Waals surface area contributed by atoms with E-state index in [-0.39, 0.29) is 10.9 Å². The number of benzene rings is 2. The molecular formula is C20H18ClFN2O4.